The zero-order valence-corrected chi connectivity index (χ0v) is 63.5. The van der Waals surface area contributed by atoms with E-state index in [0.717, 1.165) is 47.1 Å². The minimum absolute atomic E-state index is 0.00365. The first-order valence-corrected chi connectivity index (χ1v) is 40.6. The van der Waals surface area contributed by atoms with Crippen LogP contribution < -0.4 is 16.4 Å². The number of thiazole rings is 6. The van der Waals surface area contributed by atoms with E-state index in [9.17, 15) is 58.8 Å². The number of ether oxygens (including phenoxy) is 2. The lowest BCUT2D eigenvalue weighted by Gasteiger charge is -2.35. The van der Waals surface area contributed by atoms with Crippen LogP contribution in [0.1, 0.15) is 175 Å². The fourth-order valence-corrected chi connectivity index (χ4v) is 19.3. The minimum atomic E-state index is -1.34. The van der Waals surface area contributed by atoms with E-state index in [1.807, 2.05) is 6.92 Å². The molecule has 28 nitrogen and oxygen atoms in total. The summed E-state index contributed by atoms with van der Waals surface area (Å²) in [5, 5.41) is 57.8. The van der Waals surface area contributed by atoms with Gasteiger partial charge in [-0.15, -0.1) is 68.0 Å². The largest absolute Gasteiger partial charge is 0.508 e. The van der Waals surface area contributed by atoms with Gasteiger partial charge in [0.05, 0.1) is 61.0 Å². The van der Waals surface area contributed by atoms with Crippen LogP contribution >= 0.6 is 68.0 Å². The van der Waals surface area contributed by atoms with E-state index >= 15 is 4.79 Å². The van der Waals surface area contributed by atoms with Crippen molar-refractivity contribution in [2.45, 2.75) is 133 Å². The van der Waals surface area contributed by atoms with E-state index in [0.29, 0.717) is 129 Å². The summed E-state index contributed by atoms with van der Waals surface area (Å²) in [4.78, 5) is 166. The summed E-state index contributed by atoms with van der Waals surface area (Å²) in [7, 11) is 0. The molecule has 2 saturated heterocycles. The smallest absolute Gasteiger partial charge is 0.306 e. The first-order chi connectivity index (χ1) is 52.1. The molecule has 9 aromatic rings. The Morgan fingerprint density at radius 2 is 1.36 bits per heavy atom. The van der Waals surface area contributed by atoms with E-state index in [1.165, 1.54) is 56.9 Å². The molecular weight excluding hydrogens is 1500 g/mol. The number of carbonyl (C=O) groups is 9. The summed E-state index contributed by atoms with van der Waals surface area (Å²) < 4.78 is 11.8. The molecule has 7 atom stereocenters. The second kappa shape index (κ2) is 34.4. The standard InChI is InChI=1S/C74H77N13O15S6/c1-38-56(102-59(93)12-8-23-85-25-27-101-28-26-85)32-87-62(38)71-82-53(36-107-71)69-79-50(33-105-69)61-45(21-22-47(76-61)68-83-54(37-106-68)73(98)86(24-7-6-11-58(91)92)43-17-15-42(16-18-43)74(99)100)66-80-51(34-103-66)64(95)77-48(31-57(75)90)70-84-60(39(2)108-70)55(89)30-46(63(94)41-9-4-3-5-10-41)67-81-52(35-104-67)65(96)78-49(72(87)97)29-40-13-19-44(88)20-14-40/h3-5,9-10,13-14,19-22,33-38,42-43,46,48-49,56,62-63,88,94H,6-8,11-12,15-18,23-32H2,1-2H3,(H2,75,90)(H,77,95)(H,78,96)(H,91,92)(H,99,100)/t38-,42?,43?,46-,48-,49-,56-,62-,63+/m0/s1. The van der Waals surface area contributed by atoms with Gasteiger partial charge in [-0.3, -0.25) is 48.1 Å². The maximum absolute atomic E-state index is 15.9. The van der Waals surface area contributed by atoms with Gasteiger partial charge in [-0.2, -0.15) is 0 Å². The maximum Gasteiger partial charge on any atom is 0.306 e. The quantitative estimate of drug-likeness (QED) is 0.0275. The van der Waals surface area contributed by atoms with Crippen LogP contribution in [0, 0.1) is 18.8 Å². The van der Waals surface area contributed by atoms with E-state index < -0.39 is 108 Å². The third-order valence-corrected chi connectivity index (χ3v) is 25.3. The van der Waals surface area contributed by atoms with Crippen LogP contribution in [0.2, 0.25) is 0 Å². The molecule has 7 aromatic heterocycles. The molecule has 1 saturated carbocycles. The number of fused-ring (bicyclic) bond motifs is 16. The summed E-state index contributed by atoms with van der Waals surface area (Å²) >= 11 is 6.89. The molecule has 13 rings (SSSR count). The number of pyridine rings is 1. The number of amides is 5. The summed E-state index contributed by atoms with van der Waals surface area (Å²) in [6.07, 6.45) is -0.113. The molecule has 5 amide bonds. The Morgan fingerprint density at radius 1 is 0.694 bits per heavy atom. The third-order valence-electron chi connectivity index (χ3n) is 19.7. The Labute approximate surface area is 643 Å². The SMILES string of the molecule is Cc1sc2nc1C(=O)C[C@@H]([C@H](O)c1ccccc1)c1nc(cs1)C(=O)N[C@@H](Cc1ccc(O)cc1)C(=O)N1C[C@H](OC(=O)CCCN3CCOCC3)[C@H](C)[C@H]1c1nc(cs1)-c1nc(cs1)-c1nc(-c3nc(C(=O)N(CCCCC(=O)O)C4CCC(C(=O)O)CC4)cs3)ccc1-c1nc(cs1)C(=O)N[C@H]2CC(N)=O. The van der Waals surface area contributed by atoms with Gasteiger partial charge in [0, 0.05) is 101 Å². The van der Waals surface area contributed by atoms with E-state index in [-0.39, 0.29) is 83.4 Å². The number of carboxylic acids is 2. The molecule has 10 heterocycles. The first-order valence-electron chi connectivity index (χ1n) is 35.4. The second-order valence-corrected chi connectivity index (χ2v) is 32.6. The van der Waals surface area contributed by atoms with Crippen LogP contribution in [0.15, 0.2) is 93.6 Å². The number of benzene rings is 2. The average Bonchev–Trinajstić information content (AvgIpc) is 1.62. The number of aliphatic hydroxyl groups is 1. The van der Waals surface area contributed by atoms with Crippen LogP contribution in [-0.4, -0.2) is 187 Å². The predicted molar refractivity (Wildman–Crippen MR) is 404 cm³/mol. The molecule has 108 heavy (non-hydrogen) atoms. The second-order valence-electron chi connectivity index (χ2n) is 27.1. The van der Waals surface area contributed by atoms with Gasteiger partial charge in [-0.25, -0.2) is 34.9 Å². The number of aromatic nitrogens is 7. The zero-order chi connectivity index (χ0) is 75.9. The van der Waals surface area contributed by atoms with E-state index in [1.54, 1.807) is 87.5 Å². The number of hydrogen-bond donors (Lipinski definition) is 7. The average molecular weight is 1580 g/mol. The minimum Gasteiger partial charge on any atom is -0.508 e. The van der Waals surface area contributed by atoms with Crippen molar-refractivity contribution in [2.24, 2.45) is 17.6 Å². The number of unbranched alkanes of at least 4 members (excludes halogenated alkanes) is 1. The van der Waals surface area contributed by atoms with Crippen LogP contribution in [0.5, 0.6) is 5.75 Å². The molecular formula is C74H77N13O15S6. The van der Waals surface area contributed by atoms with Gasteiger partial charge < -0.3 is 56.1 Å². The number of carboxylic acid groups (broad SMARTS) is 2. The Kier molecular flexibility index (Phi) is 24.4. The molecule has 3 fully saturated rings. The number of rotatable bonds is 20. The Bertz CT molecular complexity index is 4790. The van der Waals surface area contributed by atoms with E-state index in [2.05, 4.69) is 15.5 Å². The normalized spacial score (nSPS) is 21.1. The van der Waals surface area contributed by atoms with Crippen LogP contribution in [-0.2, 0) is 39.9 Å². The number of aliphatic carboxylic acids is 2. The van der Waals surface area contributed by atoms with Gasteiger partial charge in [0.15, 0.2) is 5.78 Å². The number of phenolic OH excluding ortho intramolecular Hbond substituents is 1. The molecule has 4 aliphatic rings. The molecule has 2 aromatic carbocycles. The lowest BCUT2D eigenvalue weighted by Crippen LogP contribution is -2.50. The van der Waals surface area contributed by atoms with Gasteiger partial charge in [0.25, 0.3) is 17.7 Å². The molecule has 564 valence electrons. The van der Waals surface area contributed by atoms with Gasteiger partial charge in [0.2, 0.25) is 11.8 Å². The monoisotopic (exact) mass is 1580 g/mol. The highest BCUT2D eigenvalue weighted by Crippen LogP contribution is 2.45. The van der Waals surface area contributed by atoms with Crippen molar-refractivity contribution in [3.63, 3.8) is 0 Å². The van der Waals surface area contributed by atoms with Crippen molar-refractivity contribution in [3.05, 3.63) is 147 Å². The number of morpholine rings is 1. The van der Waals surface area contributed by atoms with Crippen molar-refractivity contribution in [1.29, 1.82) is 0 Å². The van der Waals surface area contributed by atoms with Gasteiger partial charge >= 0.3 is 17.9 Å². The van der Waals surface area contributed by atoms with E-state index in [4.69, 9.17) is 50.1 Å². The topological polar surface area (TPSA) is 403 Å². The number of ketones is 1. The van der Waals surface area contributed by atoms with Crippen molar-refractivity contribution in [3.8, 4) is 49.1 Å². The number of nitrogens with two attached hydrogens (primary N) is 1. The number of nitrogens with zero attached hydrogens (tertiary/aromatic N) is 10. The Morgan fingerprint density at radius 3 is 2.10 bits per heavy atom. The third kappa shape index (κ3) is 17.9. The van der Waals surface area contributed by atoms with Crippen LogP contribution in [0.4, 0.5) is 0 Å². The fraction of sp³-hybridized carbons (Fsp3) is 0.405. The van der Waals surface area contributed by atoms with Crippen molar-refractivity contribution >= 4 is 121 Å². The molecule has 0 unspecified atom stereocenters. The molecule has 10 bridgehead atoms. The zero-order valence-electron chi connectivity index (χ0n) is 58.6. The van der Waals surface area contributed by atoms with Gasteiger partial charge in [-0.1, -0.05) is 49.4 Å². The number of Topliss-reactive ketones (excluding diaryl/α,β-unsaturated/α-hetero) is 1. The molecule has 0 spiro atoms. The van der Waals surface area contributed by atoms with Crippen molar-refractivity contribution in [2.75, 3.05) is 45.9 Å². The lowest BCUT2D eigenvalue weighted by atomic mass is 9.85. The summed E-state index contributed by atoms with van der Waals surface area (Å²) in [6, 6.07) is 14.7. The fourth-order valence-electron chi connectivity index (χ4n) is 14.0. The first kappa shape index (κ1) is 76.7. The predicted octanol–water partition coefficient (Wildman–Crippen LogP) is 10.2. The number of phenols is 1. The molecule has 1 aliphatic carbocycles. The number of aliphatic hydroxyl groups excluding tert-OH is 1. The highest BCUT2D eigenvalue weighted by Gasteiger charge is 2.48. The Hall–Kier alpha value is -9.52. The number of nitrogens with one attached hydrogen (secondary N) is 2. The van der Waals surface area contributed by atoms with Crippen molar-refractivity contribution < 1.29 is 73.1 Å². The number of primary amides is 1. The lowest BCUT2D eigenvalue weighted by molar-refractivity contribution is -0.151. The number of aromatic hydroxyl groups is 1. The maximum atomic E-state index is 15.9. The number of carbonyl (C=O) groups excluding carboxylic acids is 7. The summed E-state index contributed by atoms with van der Waals surface area (Å²) in [5.41, 5.74) is 8.64. The molecule has 8 N–H and O–H groups in total. The number of esters is 1. The highest BCUT2D eigenvalue weighted by molar-refractivity contribution is 7.15. The van der Waals surface area contributed by atoms with Crippen LogP contribution in [0.3, 0.4) is 0 Å². The van der Waals surface area contributed by atoms with Gasteiger partial charge in [-0.05, 0) is 93.8 Å². The van der Waals surface area contributed by atoms with Crippen molar-refractivity contribution in [1.82, 2.24) is 60.2 Å². The molecule has 34 heteroatoms. The summed E-state index contributed by atoms with van der Waals surface area (Å²) in [6.45, 7) is 7.05. The summed E-state index contributed by atoms with van der Waals surface area (Å²) in [5.74, 6) is -8.20. The Balaban J connectivity index is 0.889. The number of aryl methyl sites for hydroxylation is 1. The number of hydrogen-bond acceptors (Lipinski definition) is 27. The molecule has 3 aliphatic heterocycles. The van der Waals surface area contributed by atoms with Gasteiger partial charge in [0.1, 0.15) is 82.8 Å². The van der Waals surface area contributed by atoms with Crippen LogP contribution in [0.25, 0.3) is 43.4 Å². The molecule has 0 radical (unpaired) electrons. The highest BCUT2D eigenvalue weighted by atomic mass is 32.1.